The molecule has 2 aliphatic rings. The minimum absolute atomic E-state index is 0.0337. The third-order valence-corrected chi connectivity index (χ3v) is 10.0. The van der Waals surface area contributed by atoms with E-state index in [9.17, 15) is 29.5 Å². The predicted octanol–water partition coefficient (Wildman–Crippen LogP) is 5.50. The lowest BCUT2D eigenvalue weighted by Gasteiger charge is -2.32. The zero-order valence-electron chi connectivity index (χ0n) is 34.3. The van der Waals surface area contributed by atoms with Crippen molar-refractivity contribution in [3.05, 3.63) is 24.2 Å². The van der Waals surface area contributed by atoms with Gasteiger partial charge in [0.15, 0.2) is 11.9 Å². The van der Waals surface area contributed by atoms with E-state index in [0.717, 1.165) is 51.4 Å². The van der Waals surface area contributed by atoms with Crippen molar-refractivity contribution in [2.24, 2.45) is 11.3 Å². The number of rotatable bonds is 14. The van der Waals surface area contributed by atoms with Crippen LogP contribution in [0, 0.1) is 22.7 Å². The van der Waals surface area contributed by atoms with Gasteiger partial charge in [-0.25, -0.2) is 19.1 Å². The zero-order valence-corrected chi connectivity index (χ0v) is 34.3. The number of amides is 2. The van der Waals surface area contributed by atoms with Crippen LogP contribution in [0.3, 0.4) is 0 Å². The molecule has 2 fully saturated rings. The fraction of sp³-hybridized carbons (Fsp3) is 0.725. The van der Waals surface area contributed by atoms with Crippen LogP contribution in [0.5, 0.6) is 0 Å². The second-order valence-electron chi connectivity index (χ2n) is 17.3. The molecule has 0 aromatic carbocycles. The van der Waals surface area contributed by atoms with Gasteiger partial charge >= 0.3 is 18.0 Å². The summed E-state index contributed by atoms with van der Waals surface area (Å²) in [6.07, 6.45) is 3.63. The number of esters is 2. The third-order valence-electron chi connectivity index (χ3n) is 10.0. The zero-order chi connectivity index (χ0) is 41.5. The number of hydrogen-bond acceptors (Lipinski definition) is 13. The molecule has 16 nitrogen and oxygen atoms in total. The largest absolute Gasteiger partial charge is 0.463 e. The number of anilines is 1. The van der Waals surface area contributed by atoms with E-state index in [4.69, 9.17) is 23.7 Å². The highest BCUT2D eigenvalue weighted by molar-refractivity contribution is 5.98. The number of aliphatic hydroxyl groups excluding tert-OH is 1. The maximum absolute atomic E-state index is 14.0. The molecule has 310 valence electrons. The van der Waals surface area contributed by atoms with Crippen molar-refractivity contribution in [1.29, 1.82) is 5.26 Å². The summed E-state index contributed by atoms with van der Waals surface area (Å²) in [6, 6.07) is 3.83. The maximum atomic E-state index is 14.0. The Morgan fingerprint density at radius 2 is 1.75 bits per heavy atom. The molecule has 0 radical (unpaired) electrons. The highest BCUT2D eigenvalue weighted by Crippen LogP contribution is 2.42. The summed E-state index contributed by atoms with van der Waals surface area (Å²) in [7, 11) is 0. The van der Waals surface area contributed by atoms with Crippen molar-refractivity contribution in [3.63, 3.8) is 0 Å². The molecule has 0 spiro atoms. The van der Waals surface area contributed by atoms with Gasteiger partial charge in [-0.1, -0.05) is 59.8 Å². The molecular weight excluding hydrogens is 724 g/mol. The number of aliphatic hydroxyl groups is 1. The first-order valence-electron chi connectivity index (χ1n) is 19.6. The van der Waals surface area contributed by atoms with Crippen molar-refractivity contribution in [2.45, 2.75) is 161 Å². The summed E-state index contributed by atoms with van der Waals surface area (Å²) in [5.41, 5.74) is -4.85. The molecule has 5 atom stereocenters. The second-order valence-corrected chi connectivity index (χ2v) is 17.3. The minimum atomic E-state index is -2.22. The van der Waals surface area contributed by atoms with E-state index in [0.29, 0.717) is 6.61 Å². The lowest BCUT2D eigenvalue weighted by molar-refractivity contribution is -0.164. The SMILES string of the molecule is CCCCOC(C)(C)C(=O)Nc1ncnn2c([C@]3(C#N)O[C@H](COC(=O)CC4CCCCCC4)[C@@H](OC(=O)[C@H](NC(=O)OC(C)(C)C)C(C)(C)C)[C@H]3O)ccc12. The first-order valence-corrected chi connectivity index (χ1v) is 19.6. The molecule has 3 N–H and O–H groups in total. The molecule has 1 saturated carbocycles. The molecule has 4 rings (SSSR count). The summed E-state index contributed by atoms with van der Waals surface area (Å²) in [5, 5.41) is 32.5. The monoisotopic (exact) mass is 784 g/mol. The number of alkyl carbamates (subject to hydrolysis) is 1. The van der Waals surface area contributed by atoms with Crippen LogP contribution < -0.4 is 10.6 Å². The van der Waals surface area contributed by atoms with Crippen LogP contribution in [-0.4, -0.2) is 92.4 Å². The highest BCUT2D eigenvalue weighted by Gasteiger charge is 2.60. The molecule has 1 aliphatic heterocycles. The van der Waals surface area contributed by atoms with E-state index in [1.165, 1.54) is 16.9 Å². The lowest BCUT2D eigenvalue weighted by atomic mass is 9.86. The number of nitriles is 1. The normalized spacial score (nSPS) is 22.8. The van der Waals surface area contributed by atoms with Crippen LogP contribution in [0.4, 0.5) is 10.6 Å². The summed E-state index contributed by atoms with van der Waals surface area (Å²) in [4.78, 5) is 57.4. The quantitative estimate of drug-likeness (QED) is 0.0936. The van der Waals surface area contributed by atoms with Crippen molar-refractivity contribution in [1.82, 2.24) is 19.9 Å². The smallest absolute Gasteiger partial charge is 0.408 e. The molecule has 2 aromatic heterocycles. The van der Waals surface area contributed by atoms with Gasteiger partial charge in [-0.2, -0.15) is 10.4 Å². The maximum Gasteiger partial charge on any atom is 0.408 e. The Morgan fingerprint density at radius 1 is 1.07 bits per heavy atom. The lowest BCUT2D eigenvalue weighted by Crippen LogP contribution is -2.53. The van der Waals surface area contributed by atoms with E-state index in [2.05, 4.69) is 26.8 Å². The Bertz CT molecular complexity index is 1730. The van der Waals surface area contributed by atoms with Crippen LogP contribution in [0.2, 0.25) is 0 Å². The van der Waals surface area contributed by atoms with Crippen molar-refractivity contribution >= 4 is 35.3 Å². The number of carbonyl (C=O) groups excluding carboxylic acids is 4. The summed E-state index contributed by atoms with van der Waals surface area (Å²) < 4.78 is 30.4. The Labute approximate surface area is 329 Å². The fourth-order valence-corrected chi connectivity index (χ4v) is 6.84. The number of carbonyl (C=O) groups is 4. The molecular formula is C40H60N6O10. The topological polar surface area (TPSA) is 213 Å². The summed E-state index contributed by atoms with van der Waals surface area (Å²) >= 11 is 0. The van der Waals surface area contributed by atoms with Gasteiger partial charge in [0.05, 0.1) is 5.69 Å². The molecule has 2 amide bonds. The van der Waals surface area contributed by atoms with E-state index in [-0.39, 0.29) is 29.4 Å². The molecule has 0 unspecified atom stereocenters. The Balaban J connectivity index is 1.66. The van der Waals surface area contributed by atoms with Gasteiger partial charge in [0.1, 0.15) is 54.0 Å². The van der Waals surface area contributed by atoms with Gasteiger partial charge in [0.2, 0.25) is 5.60 Å². The van der Waals surface area contributed by atoms with Crippen LogP contribution in [-0.2, 0) is 43.7 Å². The van der Waals surface area contributed by atoms with Crippen molar-refractivity contribution < 1.29 is 48.0 Å². The number of nitrogens with zero attached hydrogens (tertiary/aromatic N) is 4. The predicted molar refractivity (Wildman–Crippen MR) is 204 cm³/mol. The molecule has 1 saturated heterocycles. The van der Waals surface area contributed by atoms with Crippen LogP contribution in [0.1, 0.15) is 126 Å². The summed E-state index contributed by atoms with van der Waals surface area (Å²) in [5.74, 6) is -1.59. The number of nitrogens with one attached hydrogen (secondary N) is 2. The first-order chi connectivity index (χ1) is 26.2. The summed E-state index contributed by atoms with van der Waals surface area (Å²) in [6.45, 7) is 15.4. The van der Waals surface area contributed by atoms with E-state index >= 15 is 0 Å². The van der Waals surface area contributed by atoms with Gasteiger partial charge < -0.3 is 39.4 Å². The van der Waals surface area contributed by atoms with Gasteiger partial charge in [-0.3, -0.25) is 9.59 Å². The minimum Gasteiger partial charge on any atom is -0.463 e. The van der Waals surface area contributed by atoms with Gasteiger partial charge in [0, 0.05) is 13.0 Å². The molecule has 16 heteroatoms. The molecule has 1 aliphatic carbocycles. The van der Waals surface area contributed by atoms with E-state index in [1.54, 1.807) is 61.5 Å². The first kappa shape index (κ1) is 44.4. The number of ether oxygens (including phenoxy) is 5. The van der Waals surface area contributed by atoms with Crippen LogP contribution >= 0.6 is 0 Å². The number of fused-ring (bicyclic) bond motifs is 1. The average Bonchev–Trinajstić information content (AvgIpc) is 3.54. The Hall–Kier alpha value is -4.33. The van der Waals surface area contributed by atoms with Crippen molar-refractivity contribution in [3.8, 4) is 6.07 Å². The number of aromatic nitrogens is 3. The van der Waals surface area contributed by atoms with Crippen LogP contribution in [0.15, 0.2) is 18.5 Å². The van der Waals surface area contributed by atoms with Gasteiger partial charge in [-0.05, 0) is 77.3 Å². The van der Waals surface area contributed by atoms with Gasteiger partial charge in [0.25, 0.3) is 5.91 Å². The van der Waals surface area contributed by atoms with E-state index < -0.39 is 77.1 Å². The van der Waals surface area contributed by atoms with Crippen molar-refractivity contribution in [2.75, 3.05) is 18.5 Å². The Morgan fingerprint density at radius 3 is 2.36 bits per heavy atom. The third kappa shape index (κ3) is 10.9. The standard InChI is InChI=1S/C40H60N6O10/c1-10-11-20-53-39(8,9)35(50)45-33-26-18-19-28(46(26)43-24-42-33)40(23-41)32(48)30(27(55-40)22-52-29(47)21-25-16-14-12-13-15-17-25)54-34(49)31(37(2,3)4)44-36(51)56-38(5,6)7/h18-19,24-25,27,30-32,48H,10-17,20-22H2,1-9H3,(H,44,51)(H,42,43,45,50)/t27-,30-,31+,32-,40+/m1/s1. The molecule has 56 heavy (non-hydrogen) atoms. The molecule has 2 aromatic rings. The van der Waals surface area contributed by atoms with Crippen LogP contribution in [0.25, 0.3) is 5.52 Å². The van der Waals surface area contributed by atoms with Gasteiger partial charge in [-0.15, -0.1) is 0 Å². The highest BCUT2D eigenvalue weighted by atomic mass is 16.6. The Kier molecular flexibility index (Phi) is 14.5. The number of hydrogen-bond donors (Lipinski definition) is 3. The average molecular weight is 785 g/mol. The van der Waals surface area contributed by atoms with E-state index in [1.807, 2.05) is 6.92 Å². The fourth-order valence-electron chi connectivity index (χ4n) is 6.84. The number of unbranched alkanes of at least 4 members (excludes halogenated alkanes) is 1. The second kappa shape index (κ2) is 18.3. The molecule has 0 bridgehead atoms. The molecule has 3 heterocycles.